The summed E-state index contributed by atoms with van der Waals surface area (Å²) in [4.78, 5) is 23.6. The summed E-state index contributed by atoms with van der Waals surface area (Å²) < 4.78 is 2.24. The molecular weight excluding hydrogens is 336 g/mol. The van der Waals surface area contributed by atoms with Crippen LogP contribution in [0.1, 0.15) is 71.9 Å². The summed E-state index contributed by atoms with van der Waals surface area (Å²) in [5.41, 5.74) is 6.23. The number of benzene rings is 1. The zero-order valence-corrected chi connectivity index (χ0v) is 16.8. The third-order valence-electron chi connectivity index (χ3n) is 5.72. The van der Waals surface area contributed by atoms with Crippen LogP contribution in [0.2, 0.25) is 0 Å². The number of hydrogen-bond donors (Lipinski definition) is 1. The number of H-pyrrole nitrogens is 1. The number of aromatic amines is 1. The second kappa shape index (κ2) is 6.55. The average molecular weight is 364 g/mol. The largest absolute Gasteiger partial charge is 0.346 e. The van der Waals surface area contributed by atoms with Gasteiger partial charge >= 0.3 is 0 Å². The first kappa shape index (κ1) is 17.8. The Morgan fingerprint density at radius 1 is 1.22 bits per heavy atom. The lowest BCUT2D eigenvalue weighted by Crippen LogP contribution is -2.31. The highest BCUT2D eigenvalue weighted by Gasteiger charge is 2.34. The van der Waals surface area contributed by atoms with Crippen molar-refractivity contribution in [1.82, 2.24) is 19.4 Å². The Labute approximate surface area is 160 Å². The molecule has 1 unspecified atom stereocenters. The van der Waals surface area contributed by atoms with Gasteiger partial charge in [-0.05, 0) is 71.2 Å². The highest BCUT2D eigenvalue weighted by molar-refractivity contribution is 5.96. The van der Waals surface area contributed by atoms with E-state index in [0.717, 1.165) is 53.2 Å². The van der Waals surface area contributed by atoms with Gasteiger partial charge in [0.25, 0.3) is 5.91 Å². The molecule has 1 N–H and O–H groups in total. The van der Waals surface area contributed by atoms with E-state index in [2.05, 4.69) is 56.3 Å². The van der Waals surface area contributed by atoms with Crippen molar-refractivity contribution in [2.75, 3.05) is 6.54 Å². The minimum atomic E-state index is 0.0207. The summed E-state index contributed by atoms with van der Waals surface area (Å²) in [7, 11) is 0. The monoisotopic (exact) mass is 364 g/mol. The molecule has 1 aliphatic heterocycles. The molecule has 2 aromatic heterocycles. The van der Waals surface area contributed by atoms with Crippen LogP contribution in [0.3, 0.4) is 0 Å². The molecule has 0 radical (unpaired) electrons. The van der Waals surface area contributed by atoms with Crippen LogP contribution in [0.5, 0.6) is 0 Å². The van der Waals surface area contributed by atoms with Crippen molar-refractivity contribution in [2.24, 2.45) is 0 Å². The van der Waals surface area contributed by atoms with Gasteiger partial charge in [-0.2, -0.15) is 0 Å². The maximum absolute atomic E-state index is 13.4. The molecule has 1 aliphatic rings. The Hall–Kier alpha value is -2.56. The zero-order chi connectivity index (χ0) is 19.3. The van der Waals surface area contributed by atoms with Crippen LogP contribution in [-0.4, -0.2) is 31.9 Å². The van der Waals surface area contributed by atoms with E-state index in [-0.39, 0.29) is 11.9 Å². The second-order valence-electron chi connectivity index (χ2n) is 8.05. The van der Waals surface area contributed by atoms with Crippen LogP contribution in [0.25, 0.3) is 11.0 Å². The van der Waals surface area contributed by atoms with Gasteiger partial charge in [0.1, 0.15) is 5.82 Å². The van der Waals surface area contributed by atoms with Crippen LogP contribution >= 0.6 is 0 Å². The number of carbonyl (C=O) groups is 1. The molecule has 1 saturated heterocycles. The standard InChI is InChI=1S/C22H28N4O/c1-13(2)26-15(4)12-17(16(26)5)22(27)25-10-6-7-20(25)21-23-18-9-8-14(3)11-19(18)24-21/h8-9,11-13,20H,6-7,10H2,1-5H3,(H,23,24). The maximum atomic E-state index is 13.4. The van der Waals surface area contributed by atoms with Crippen molar-refractivity contribution in [3.05, 3.63) is 52.6 Å². The summed E-state index contributed by atoms with van der Waals surface area (Å²) in [6.07, 6.45) is 1.96. The van der Waals surface area contributed by atoms with Crippen LogP contribution in [-0.2, 0) is 0 Å². The Kier molecular flexibility index (Phi) is 4.33. The molecule has 1 fully saturated rings. The summed E-state index contributed by atoms with van der Waals surface area (Å²) >= 11 is 0. The van der Waals surface area contributed by atoms with E-state index in [0.29, 0.717) is 6.04 Å². The molecule has 0 aliphatic carbocycles. The Balaban J connectivity index is 1.68. The van der Waals surface area contributed by atoms with Crippen molar-refractivity contribution in [2.45, 2.75) is 59.5 Å². The second-order valence-corrected chi connectivity index (χ2v) is 8.05. The molecule has 3 aromatic rings. The normalized spacial score (nSPS) is 17.4. The number of imidazole rings is 1. The lowest BCUT2D eigenvalue weighted by atomic mass is 10.1. The molecule has 5 heteroatoms. The first-order valence-corrected chi connectivity index (χ1v) is 9.82. The van der Waals surface area contributed by atoms with E-state index in [1.807, 2.05) is 17.0 Å². The molecule has 5 nitrogen and oxygen atoms in total. The third kappa shape index (κ3) is 2.95. The maximum Gasteiger partial charge on any atom is 0.256 e. The lowest BCUT2D eigenvalue weighted by molar-refractivity contribution is 0.0729. The highest BCUT2D eigenvalue weighted by atomic mass is 16.2. The fraction of sp³-hybridized carbons (Fsp3) is 0.455. The van der Waals surface area contributed by atoms with Crippen LogP contribution in [0.15, 0.2) is 24.3 Å². The van der Waals surface area contributed by atoms with Gasteiger partial charge in [0.15, 0.2) is 0 Å². The van der Waals surface area contributed by atoms with E-state index >= 15 is 0 Å². The molecule has 1 atom stereocenters. The first-order chi connectivity index (χ1) is 12.9. The van der Waals surface area contributed by atoms with E-state index in [1.54, 1.807) is 0 Å². The van der Waals surface area contributed by atoms with Crippen molar-refractivity contribution in [3.8, 4) is 0 Å². The third-order valence-corrected chi connectivity index (χ3v) is 5.72. The predicted octanol–water partition coefficient (Wildman–Crippen LogP) is 4.85. The summed E-state index contributed by atoms with van der Waals surface area (Å²) in [5.74, 6) is 1.02. The van der Waals surface area contributed by atoms with Crippen LogP contribution in [0.4, 0.5) is 0 Å². The molecule has 1 aromatic carbocycles. The van der Waals surface area contributed by atoms with Crippen molar-refractivity contribution < 1.29 is 4.79 Å². The summed E-state index contributed by atoms with van der Waals surface area (Å²) in [6, 6.07) is 8.64. The molecule has 3 heterocycles. The van der Waals surface area contributed by atoms with E-state index < -0.39 is 0 Å². The van der Waals surface area contributed by atoms with Crippen LogP contribution < -0.4 is 0 Å². The van der Waals surface area contributed by atoms with Gasteiger partial charge in [0.2, 0.25) is 0 Å². The topological polar surface area (TPSA) is 53.9 Å². The van der Waals surface area contributed by atoms with Gasteiger partial charge in [0, 0.05) is 24.0 Å². The number of nitrogens with zero attached hydrogens (tertiary/aromatic N) is 3. The Bertz CT molecular complexity index is 1010. The Morgan fingerprint density at radius 2 is 2.00 bits per heavy atom. The number of likely N-dealkylation sites (tertiary alicyclic amines) is 1. The molecule has 1 amide bonds. The molecular formula is C22H28N4O. The number of hydrogen-bond acceptors (Lipinski definition) is 2. The van der Waals surface area contributed by atoms with Gasteiger partial charge in [-0.15, -0.1) is 0 Å². The van der Waals surface area contributed by atoms with Gasteiger partial charge in [-0.3, -0.25) is 4.79 Å². The van der Waals surface area contributed by atoms with Gasteiger partial charge in [-0.1, -0.05) is 6.07 Å². The number of fused-ring (bicyclic) bond motifs is 1. The van der Waals surface area contributed by atoms with Gasteiger partial charge in [0.05, 0.1) is 22.6 Å². The molecule has 0 bridgehead atoms. The molecule has 27 heavy (non-hydrogen) atoms. The van der Waals surface area contributed by atoms with E-state index in [1.165, 1.54) is 5.56 Å². The zero-order valence-electron chi connectivity index (χ0n) is 16.8. The summed E-state index contributed by atoms with van der Waals surface area (Å²) in [6.45, 7) is 11.3. The number of aromatic nitrogens is 3. The van der Waals surface area contributed by atoms with Crippen LogP contribution in [0, 0.1) is 20.8 Å². The fourth-order valence-electron chi connectivity index (χ4n) is 4.54. The number of amides is 1. The minimum absolute atomic E-state index is 0.0207. The van der Waals surface area contributed by atoms with E-state index in [4.69, 9.17) is 4.98 Å². The quantitative estimate of drug-likeness (QED) is 0.722. The number of nitrogens with one attached hydrogen (secondary N) is 1. The minimum Gasteiger partial charge on any atom is -0.346 e. The van der Waals surface area contributed by atoms with Crippen molar-refractivity contribution >= 4 is 16.9 Å². The van der Waals surface area contributed by atoms with Crippen molar-refractivity contribution in [1.29, 1.82) is 0 Å². The Morgan fingerprint density at radius 3 is 2.70 bits per heavy atom. The molecule has 0 saturated carbocycles. The molecule has 142 valence electrons. The molecule has 4 rings (SSSR count). The van der Waals surface area contributed by atoms with E-state index in [9.17, 15) is 4.79 Å². The number of rotatable bonds is 3. The highest BCUT2D eigenvalue weighted by Crippen LogP contribution is 2.34. The van der Waals surface area contributed by atoms with Gasteiger partial charge in [-0.25, -0.2) is 4.98 Å². The SMILES string of the molecule is Cc1ccc2nc(C3CCCN3C(=O)c3cc(C)n(C(C)C)c3C)[nH]c2c1. The fourth-order valence-corrected chi connectivity index (χ4v) is 4.54. The first-order valence-electron chi connectivity index (χ1n) is 9.82. The number of carbonyl (C=O) groups excluding carboxylic acids is 1. The predicted molar refractivity (Wildman–Crippen MR) is 108 cm³/mol. The smallest absolute Gasteiger partial charge is 0.256 e. The van der Waals surface area contributed by atoms with Crippen molar-refractivity contribution in [3.63, 3.8) is 0 Å². The number of aryl methyl sites for hydroxylation is 2. The average Bonchev–Trinajstić information content (AvgIpc) is 3.30. The van der Waals surface area contributed by atoms with Gasteiger partial charge < -0.3 is 14.5 Å². The summed E-state index contributed by atoms with van der Waals surface area (Å²) in [5, 5.41) is 0. The lowest BCUT2D eigenvalue weighted by Gasteiger charge is -2.23. The molecule has 0 spiro atoms.